The van der Waals surface area contributed by atoms with Gasteiger partial charge in [-0.2, -0.15) is 0 Å². The van der Waals surface area contributed by atoms with Crippen molar-refractivity contribution >= 4 is 23.6 Å². The Morgan fingerprint density at radius 2 is 0.696 bits per heavy atom. The molecule has 7 fully saturated rings. The molecule has 7 heterocycles. The minimum atomic E-state index is -2.30. The van der Waals surface area contributed by atoms with Gasteiger partial charge >= 0.3 is 0 Å². The first-order valence-electron chi connectivity index (χ1n) is 32.8. The van der Waals surface area contributed by atoms with Crippen molar-refractivity contribution in [2.75, 3.05) is 59.5 Å². The Bertz CT molecular complexity index is 2600. The molecule has 0 aromatic carbocycles. The summed E-state index contributed by atoms with van der Waals surface area (Å²) in [4.78, 5) is 50.2. The summed E-state index contributed by atoms with van der Waals surface area (Å²) in [6.45, 7) is -2.67. The van der Waals surface area contributed by atoms with Crippen molar-refractivity contribution in [3.05, 3.63) is 0 Å². The largest absolute Gasteiger partial charge is 0.394 e. The van der Waals surface area contributed by atoms with Crippen molar-refractivity contribution in [1.82, 2.24) is 21.3 Å². The first-order valence-corrected chi connectivity index (χ1v) is 32.8. The first-order chi connectivity index (χ1) is 48.2. The van der Waals surface area contributed by atoms with Gasteiger partial charge in [0.1, 0.15) is 177 Å². The predicted molar refractivity (Wildman–Crippen MR) is 321 cm³/mol. The van der Waals surface area contributed by atoms with Gasteiger partial charge in [-0.15, -0.1) is 0 Å². The highest BCUT2D eigenvalue weighted by Crippen LogP contribution is 2.37. The molecule has 0 aromatic rings. The molecule has 15 unspecified atom stereocenters. The summed E-state index contributed by atoms with van der Waals surface area (Å²) in [6.07, 6.45) is -66.8. The van der Waals surface area contributed by atoms with E-state index in [0.717, 1.165) is 34.6 Å². The molecule has 7 aliphatic heterocycles. The summed E-state index contributed by atoms with van der Waals surface area (Å²) < 4.78 is 89.1. The lowest BCUT2D eigenvalue weighted by Crippen LogP contribution is -2.69. The lowest BCUT2D eigenvalue weighted by Gasteiger charge is -2.49. The van der Waals surface area contributed by atoms with Crippen LogP contribution in [0.1, 0.15) is 41.5 Å². The van der Waals surface area contributed by atoms with Gasteiger partial charge in [-0.1, -0.05) is 0 Å². The molecule has 0 aliphatic carbocycles. The molecule has 44 nitrogen and oxygen atoms in total. The summed E-state index contributed by atoms with van der Waals surface area (Å²) in [5, 5.41) is 240. The van der Waals surface area contributed by atoms with Gasteiger partial charge in [0.05, 0.1) is 77.7 Å². The van der Waals surface area contributed by atoms with E-state index in [1.54, 1.807) is 0 Å². The minimum Gasteiger partial charge on any atom is -0.394 e. The second-order valence-electron chi connectivity index (χ2n) is 25.7. The summed E-state index contributed by atoms with van der Waals surface area (Å²) in [5.41, 5.74) is 0. The molecule has 0 saturated carbocycles. The van der Waals surface area contributed by atoms with Gasteiger partial charge in [-0.25, -0.2) is 0 Å². The number of hydrogen-bond acceptors (Lipinski definition) is 40. The molecule has 0 bridgehead atoms. The van der Waals surface area contributed by atoms with Crippen molar-refractivity contribution in [2.24, 2.45) is 0 Å². The average Bonchev–Trinajstić information content (AvgIpc) is 0.782. The second-order valence-corrected chi connectivity index (χ2v) is 25.7. The minimum absolute atomic E-state index is 0.597. The molecule has 7 aliphatic rings. The van der Waals surface area contributed by atoms with Crippen LogP contribution in [-0.2, 0) is 90.2 Å². The lowest BCUT2D eigenvalue weighted by atomic mass is 9.92. The molecule has 39 atom stereocenters. The highest BCUT2D eigenvalue weighted by atomic mass is 16.8. The Balaban J connectivity index is 1.22. The monoisotopic (exact) mass is 1490 g/mol. The van der Waals surface area contributed by atoms with E-state index in [1.165, 1.54) is 6.92 Å². The summed E-state index contributed by atoms with van der Waals surface area (Å²) in [5.74, 6) is -3.16. The van der Waals surface area contributed by atoms with E-state index in [-0.39, 0.29) is 0 Å². The van der Waals surface area contributed by atoms with Gasteiger partial charge in [0.15, 0.2) is 44.0 Å². The molecule has 102 heavy (non-hydrogen) atoms. The van der Waals surface area contributed by atoms with Gasteiger partial charge in [-0.3, -0.25) is 19.2 Å². The number of carbonyl (C=O) groups excluding carboxylic acids is 4. The molecule has 7 rings (SSSR count). The normalized spacial score (nSPS) is 44.7. The average molecular weight is 1490 g/mol. The standard InChI is InChI=1S/C58H100N4O40/c1-16-31(59-18(3)71)41(81)49(26(11-67)89-16)99-54-33(61-20(5)73)42(82)48(27(12-68)96-54)98-30(14-70)91-29(35(75)17(2)90-58-52(46(86)39(79)25(10-66)95-58)102-53-32(60-19(4)72)40(80)36(76)22(7-63)92-53)15-88-57-51(45(85)38(78)24(9-65)94-57)101-55-34(62-21(6)74)43(83)50(28(13-69)97-55)100-56-47(87)44(84)37(77)23(8-64)93-56/h16-17,22-58,63-70,75-87H,7-15H2,1-6H3,(H,59,71)(H,60,72)(H,61,73)(H,62,74)/t16-,17+,22?,23?,24?,25+,26?,27?,28-,29?,30-,31+,32-,33?,34?,35-,36+,37-,38+,39+,40?,41?,42+,43?,44?,45?,46?,47-,48+,49+,50+,51+,52?,53-,54-,55-,56-,57-,58-/m0/s1. The maximum atomic E-state index is 12.8. The van der Waals surface area contributed by atoms with E-state index in [9.17, 15) is 126 Å². The van der Waals surface area contributed by atoms with E-state index < -0.39 is 322 Å². The fourth-order valence-electron chi connectivity index (χ4n) is 12.9. The topological polar surface area (TPSA) is 680 Å². The third-order valence-corrected chi connectivity index (χ3v) is 18.3. The number of amides is 4. The van der Waals surface area contributed by atoms with Crippen LogP contribution in [0.3, 0.4) is 0 Å². The zero-order valence-corrected chi connectivity index (χ0v) is 56.0. The van der Waals surface area contributed by atoms with E-state index in [4.69, 9.17) is 71.1 Å². The summed E-state index contributed by atoms with van der Waals surface area (Å²) >= 11 is 0. The molecule has 0 aromatic heterocycles. The van der Waals surface area contributed by atoms with E-state index >= 15 is 0 Å². The molecule has 25 N–H and O–H groups in total. The molecule has 0 radical (unpaired) electrons. The van der Waals surface area contributed by atoms with Crippen LogP contribution in [0.25, 0.3) is 0 Å². The fraction of sp³-hybridized carbons (Fsp3) is 0.931. The van der Waals surface area contributed by atoms with Crippen molar-refractivity contribution in [2.45, 2.75) is 281 Å². The summed E-state index contributed by atoms with van der Waals surface area (Å²) in [6, 6.07) is -6.47. The van der Waals surface area contributed by atoms with Crippen molar-refractivity contribution in [3.63, 3.8) is 0 Å². The van der Waals surface area contributed by atoms with Crippen LogP contribution in [-0.4, -0.2) is 429 Å². The Hall–Kier alpha value is -3.56. The highest BCUT2D eigenvalue weighted by molar-refractivity contribution is 5.74. The molecular weight excluding hydrogens is 1390 g/mol. The van der Waals surface area contributed by atoms with Crippen molar-refractivity contribution in [3.8, 4) is 0 Å². The van der Waals surface area contributed by atoms with Gasteiger partial charge in [0.25, 0.3) is 0 Å². The molecular formula is C58H100N4O40. The Morgan fingerprint density at radius 3 is 1.15 bits per heavy atom. The Morgan fingerprint density at radius 1 is 0.363 bits per heavy atom. The van der Waals surface area contributed by atoms with E-state index in [2.05, 4.69) is 21.3 Å². The third-order valence-electron chi connectivity index (χ3n) is 18.3. The van der Waals surface area contributed by atoms with Crippen LogP contribution in [0.5, 0.6) is 0 Å². The lowest BCUT2D eigenvalue weighted by molar-refractivity contribution is -0.376. The van der Waals surface area contributed by atoms with Crippen LogP contribution in [0.4, 0.5) is 0 Å². The zero-order chi connectivity index (χ0) is 75.6. The van der Waals surface area contributed by atoms with Crippen LogP contribution < -0.4 is 21.3 Å². The van der Waals surface area contributed by atoms with Gasteiger partial charge in [0.2, 0.25) is 23.6 Å². The molecule has 0 spiro atoms. The van der Waals surface area contributed by atoms with Crippen LogP contribution in [0.2, 0.25) is 0 Å². The van der Waals surface area contributed by atoms with E-state index in [0.29, 0.717) is 0 Å². The number of rotatable bonds is 31. The number of ether oxygens (including phenoxy) is 15. The number of carbonyl (C=O) groups is 4. The molecule has 4 amide bonds. The zero-order valence-electron chi connectivity index (χ0n) is 56.0. The Labute approximate surface area is 581 Å². The number of aliphatic hydroxyl groups is 21. The number of aliphatic hydroxyl groups excluding tert-OH is 21. The van der Waals surface area contributed by atoms with Crippen LogP contribution in [0.15, 0.2) is 0 Å². The number of nitrogens with one attached hydrogen (secondary N) is 4. The maximum Gasteiger partial charge on any atom is 0.217 e. The molecule has 7 saturated heterocycles. The Kier molecular flexibility index (Phi) is 32.3. The van der Waals surface area contributed by atoms with Gasteiger partial charge in [0, 0.05) is 27.7 Å². The SMILES string of the molecule is CC(=O)NC1C(O)[C@H](O[C@@H]2OC(CO)[C@H](O)C(O)[C@@H]2O)[C@H](CO)O[C@H]1O[C@@H]1C(O)[C@H](O)C(CO)O[C@@H]1OCC(O[C@H](CO)O[C@@H]1C(CO)O[C@@H](O[C@@H]2C(CO)O[C@@H](C)[C@@H](NC(C)=O)C2O)C(NC(C)=O)[C@H]1O)[C@@H](O)[C@@H](C)O[C@H]1O[C@H](CO)[C@@H](O)C(O)C1O[C@@H]1OC(CO)[C@@H](O)C(O)[C@@H]1NC(C)=O. The second kappa shape index (κ2) is 38.5. The summed E-state index contributed by atoms with van der Waals surface area (Å²) in [7, 11) is 0. The smallest absolute Gasteiger partial charge is 0.217 e. The van der Waals surface area contributed by atoms with Crippen LogP contribution in [0, 0.1) is 0 Å². The number of hydrogen-bond donors (Lipinski definition) is 25. The highest BCUT2D eigenvalue weighted by Gasteiger charge is 2.58. The van der Waals surface area contributed by atoms with Gasteiger partial charge < -0.3 is 200 Å². The third kappa shape index (κ3) is 20.0. The molecule has 44 heteroatoms. The fourth-order valence-corrected chi connectivity index (χ4v) is 12.9. The molecule has 592 valence electrons. The van der Waals surface area contributed by atoms with Crippen molar-refractivity contribution in [1.29, 1.82) is 0 Å². The quantitative estimate of drug-likeness (QED) is 0.0287. The van der Waals surface area contributed by atoms with E-state index in [1.807, 2.05) is 0 Å². The van der Waals surface area contributed by atoms with Crippen molar-refractivity contribution < 1.29 is 197 Å². The first kappa shape index (κ1) is 85.7. The van der Waals surface area contributed by atoms with Gasteiger partial charge in [-0.05, 0) is 13.8 Å². The maximum absolute atomic E-state index is 12.8. The predicted octanol–water partition coefficient (Wildman–Crippen LogP) is -16.2. The van der Waals surface area contributed by atoms with Crippen LogP contribution >= 0.6 is 0 Å².